The number of nitrogens with zero attached hydrogens (tertiary/aromatic N) is 3. The second-order valence-corrected chi connectivity index (χ2v) is 7.78. The van der Waals surface area contributed by atoms with E-state index < -0.39 is 5.82 Å². The molecular weight excluding hydrogens is 431 g/mol. The van der Waals surface area contributed by atoms with Crippen LogP contribution in [0.1, 0.15) is 25.1 Å². The first-order valence-corrected chi connectivity index (χ1v) is 10.3. The van der Waals surface area contributed by atoms with Gasteiger partial charge in [-0.2, -0.15) is 5.26 Å². The number of aromatic nitrogens is 3. The van der Waals surface area contributed by atoms with Gasteiger partial charge in [-0.05, 0) is 38.1 Å². The Morgan fingerprint density at radius 2 is 2.09 bits per heavy atom. The number of hydrogen-bond acceptors (Lipinski definition) is 6. The number of ether oxygens (including phenoxy) is 1. The highest BCUT2D eigenvalue weighted by atomic mass is 35.5. The quantitative estimate of drug-likeness (QED) is 0.331. The van der Waals surface area contributed by atoms with E-state index in [2.05, 4.69) is 31.7 Å². The van der Waals surface area contributed by atoms with Gasteiger partial charge >= 0.3 is 0 Å². The SMILES string of the molecule is CC(C)Oc1cc2ncc(C#N)c(Nc3ccc(F)c(Cl)c3)c2cc1NCc1cnc[nH]1. The number of nitrogens with one attached hydrogen (secondary N) is 3. The van der Waals surface area contributed by atoms with Crippen molar-refractivity contribution in [1.82, 2.24) is 15.0 Å². The maximum Gasteiger partial charge on any atom is 0.144 e. The molecule has 0 aliphatic rings. The lowest BCUT2D eigenvalue weighted by Gasteiger charge is -2.18. The van der Waals surface area contributed by atoms with E-state index >= 15 is 0 Å². The molecule has 9 heteroatoms. The number of anilines is 3. The number of fused-ring (bicyclic) bond motifs is 1. The van der Waals surface area contributed by atoms with Gasteiger partial charge < -0.3 is 20.4 Å². The molecule has 0 saturated carbocycles. The van der Waals surface area contributed by atoms with E-state index in [4.69, 9.17) is 16.3 Å². The summed E-state index contributed by atoms with van der Waals surface area (Å²) in [6.45, 7) is 4.39. The van der Waals surface area contributed by atoms with Gasteiger partial charge in [0, 0.05) is 29.5 Å². The predicted molar refractivity (Wildman–Crippen MR) is 123 cm³/mol. The topological polar surface area (TPSA) is 98.7 Å². The minimum absolute atomic E-state index is 0.0126. The van der Waals surface area contributed by atoms with E-state index in [0.717, 1.165) is 11.4 Å². The standard InChI is InChI=1S/C23H20ClFN6O/c1-13(2)32-22-7-20-17(6-21(22)29-11-16-10-27-12-30-16)23(14(8-26)9-28-20)31-15-3-4-19(25)18(24)5-15/h3-7,9-10,12-13,29H,11H2,1-2H3,(H,27,30)(H,28,31). The van der Waals surface area contributed by atoms with Gasteiger partial charge in [-0.3, -0.25) is 4.98 Å². The normalized spacial score (nSPS) is 10.9. The fraction of sp³-hybridized carbons (Fsp3) is 0.174. The molecule has 0 aliphatic carbocycles. The third kappa shape index (κ3) is 4.58. The van der Waals surface area contributed by atoms with Crippen molar-refractivity contribution in [2.24, 2.45) is 0 Å². The molecular formula is C23H20ClFN6O. The number of nitriles is 1. The zero-order chi connectivity index (χ0) is 22.7. The summed E-state index contributed by atoms with van der Waals surface area (Å²) in [6.07, 6.45) is 4.80. The molecule has 32 heavy (non-hydrogen) atoms. The van der Waals surface area contributed by atoms with Gasteiger partial charge in [0.25, 0.3) is 0 Å². The van der Waals surface area contributed by atoms with Crippen LogP contribution in [0.5, 0.6) is 5.75 Å². The van der Waals surface area contributed by atoms with Crippen LogP contribution in [0.15, 0.2) is 49.1 Å². The molecule has 0 saturated heterocycles. The Kier molecular flexibility index (Phi) is 6.10. The molecule has 0 bridgehead atoms. The highest BCUT2D eigenvalue weighted by Gasteiger charge is 2.15. The smallest absolute Gasteiger partial charge is 0.144 e. The monoisotopic (exact) mass is 450 g/mol. The number of imidazole rings is 1. The molecule has 2 aromatic heterocycles. The molecule has 0 atom stereocenters. The van der Waals surface area contributed by atoms with E-state index in [1.165, 1.54) is 18.3 Å². The molecule has 0 aliphatic heterocycles. The number of benzene rings is 2. The number of aromatic amines is 1. The van der Waals surface area contributed by atoms with Crippen LogP contribution in [-0.4, -0.2) is 21.1 Å². The van der Waals surface area contributed by atoms with E-state index in [0.29, 0.717) is 40.1 Å². The van der Waals surface area contributed by atoms with Crippen molar-refractivity contribution in [3.8, 4) is 11.8 Å². The molecule has 4 aromatic rings. The van der Waals surface area contributed by atoms with Crippen LogP contribution in [0, 0.1) is 17.1 Å². The Bertz CT molecular complexity index is 1300. The van der Waals surface area contributed by atoms with Crippen LogP contribution < -0.4 is 15.4 Å². The fourth-order valence-corrected chi connectivity index (χ4v) is 3.40. The molecule has 7 nitrogen and oxygen atoms in total. The predicted octanol–water partition coefficient (Wildman–Crippen LogP) is 5.76. The van der Waals surface area contributed by atoms with E-state index in [9.17, 15) is 9.65 Å². The van der Waals surface area contributed by atoms with Crippen LogP contribution in [-0.2, 0) is 6.54 Å². The van der Waals surface area contributed by atoms with Crippen molar-refractivity contribution in [2.45, 2.75) is 26.5 Å². The van der Waals surface area contributed by atoms with Gasteiger partial charge in [-0.25, -0.2) is 9.37 Å². The van der Waals surface area contributed by atoms with E-state index in [1.807, 2.05) is 26.0 Å². The zero-order valence-electron chi connectivity index (χ0n) is 17.4. The molecule has 0 fully saturated rings. The first-order chi connectivity index (χ1) is 15.4. The van der Waals surface area contributed by atoms with Gasteiger partial charge in [0.15, 0.2) is 0 Å². The van der Waals surface area contributed by atoms with Crippen molar-refractivity contribution in [3.05, 3.63) is 71.2 Å². The summed E-state index contributed by atoms with van der Waals surface area (Å²) in [5.41, 5.74) is 3.72. The third-order valence-corrected chi connectivity index (χ3v) is 4.96. The largest absolute Gasteiger partial charge is 0.489 e. The summed E-state index contributed by atoms with van der Waals surface area (Å²) in [6, 6.07) is 10.2. The molecule has 3 N–H and O–H groups in total. The Morgan fingerprint density at radius 3 is 2.78 bits per heavy atom. The lowest BCUT2D eigenvalue weighted by Crippen LogP contribution is -2.09. The molecule has 0 amide bonds. The van der Waals surface area contributed by atoms with Gasteiger partial charge in [-0.15, -0.1) is 0 Å². The summed E-state index contributed by atoms with van der Waals surface area (Å²) in [4.78, 5) is 11.5. The summed E-state index contributed by atoms with van der Waals surface area (Å²) >= 11 is 5.93. The highest BCUT2D eigenvalue weighted by molar-refractivity contribution is 6.31. The van der Waals surface area contributed by atoms with Crippen LogP contribution in [0.3, 0.4) is 0 Å². The number of hydrogen-bond donors (Lipinski definition) is 3. The lowest BCUT2D eigenvalue weighted by atomic mass is 10.1. The van der Waals surface area contributed by atoms with Crippen LogP contribution in [0.2, 0.25) is 5.02 Å². The average Bonchev–Trinajstić information content (AvgIpc) is 3.28. The second kappa shape index (κ2) is 9.12. The Morgan fingerprint density at radius 1 is 1.25 bits per heavy atom. The maximum atomic E-state index is 13.6. The minimum atomic E-state index is -0.516. The van der Waals surface area contributed by atoms with Crippen molar-refractivity contribution < 1.29 is 9.13 Å². The zero-order valence-corrected chi connectivity index (χ0v) is 18.2. The van der Waals surface area contributed by atoms with E-state index in [-0.39, 0.29) is 11.1 Å². The van der Waals surface area contributed by atoms with Crippen molar-refractivity contribution in [2.75, 3.05) is 10.6 Å². The highest BCUT2D eigenvalue weighted by Crippen LogP contribution is 2.37. The van der Waals surface area contributed by atoms with Crippen molar-refractivity contribution >= 4 is 39.6 Å². The Balaban J connectivity index is 1.81. The molecule has 0 radical (unpaired) electrons. The Labute approximate surface area is 189 Å². The van der Waals surface area contributed by atoms with Gasteiger partial charge in [-0.1, -0.05) is 11.6 Å². The number of H-pyrrole nitrogens is 1. The molecule has 2 aromatic carbocycles. The third-order valence-electron chi connectivity index (χ3n) is 4.67. The van der Waals surface area contributed by atoms with Gasteiger partial charge in [0.05, 0.1) is 52.1 Å². The van der Waals surface area contributed by atoms with Crippen molar-refractivity contribution in [3.63, 3.8) is 0 Å². The molecule has 162 valence electrons. The summed E-state index contributed by atoms with van der Waals surface area (Å²) in [5, 5.41) is 16.9. The molecule has 0 unspecified atom stereocenters. The molecule has 0 spiro atoms. The van der Waals surface area contributed by atoms with Gasteiger partial charge in [0.2, 0.25) is 0 Å². The Hall–Kier alpha value is -3.83. The van der Waals surface area contributed by atoms with Crippen LogP contribution in [0.4, 0.5) is 21.5 Å². The first-order valence-electron chi connectivity index (χ1n) is 9.91. The average molecular weight is 451 g/mol. The summed E-state index contributed by atoms with van der Waals surface area (Å²) in [5.74, 6) is 0.123. The number of halogens is 2. The maximum absolute atomic E-state index is 13.6. The molecule has 4 rings (SSSR count). The summed E-state index contributed by atoms with van der Waals surface area (Å²) in [7, 11) is 0. The number of pyridine rings is 1. The van der Waals surface area contributed by atoms with E-state index in [1.54, 1.807) is 18.6 Å². The van der Waals surface area contributed by atoms with Crippen LogP contribution >= 0.6 is 11.6 Å². The minimum Gasteiger partial charge on any atom is -0.489 e. The number of rotatable bonds is 7. The van der Waals surface area contributed by atoms with Crippen LogP contribution in [0.25, 0.3) is 10.9 Å². The first kappa shape index (κ1) is 21.4. The molecule has 2 heterocycles. The summed E-state index contributed by atoms with van der Waals surface area (Å²) < 4.78 is 19.6. The fourth-order valence-electron chi connectivity index (χ4n) is 3.22. The second-order valence-electron chi connectivity index (χ2n) is 7.38. The van der Waals surface area contributed by atoms with Crippen molar-refractivity contribution in [1.29, 1.82) is 5.26 Å². The lowest BCUT2D eigenvalue weighted by molar-refractivity contribution is 0.244. The van der Waals surface area contributed by atoms with Gasteiger partial charge in [0.1, 0.15) is 17.6 Å².